The molecule has 0 aliphatic carbocycles. The average molecular weight is 521 g/mol. The zero-order chi connectivity index (χ0) is 24.7. The summed E-state index contributed by atoms with van der Waals surface area (Å²) in [4.78, 5) is 4.30. The monoisotopic (exact) mass is 520 g/mol. The lowest BCUT2D eigenvalue weighted by Gasteiger charge is -2.15. The van der Waals surface area contributed by atoms with Crippen LogP contribution in [0.2, 0.25) is 30.7 Å². The zero-order valence-corrected chi connectivity index (χ0v) is 22.0. The molecule has 7 nitrogen and oxygen atoms in total. The number of hydrogen-bond acceptors (Lipinski definition) is 5. The minimum Gasteiger partial charge on any atom is -0.360 e. The zero-order valence-electron chi connectivity index (χ0n) is 19.4. The SMILES string of the molecule is Cc1ccc(S(=O)(=O)n2c(-c3cn(COCC[Si](C)(C)C)nc3F)cc3c(Cl)ccnc32)cc1. The molecule has 11 heteroatoms. The van der Waals surface area contributed by atoms with Gasteiger partial charge in [0, 0.05) is 32.5 Å². The van der Waals surface area contributed by atoms with E-state index in [2.05, 4.69) is 29.7 Å². The van der Waals surface area contributed by atoms with E-state index in [4.69, 9.17) is 16.3 Å². The van der Waals surface area contributed by atoms with Crippen molar-refractivity contribution in [3.63, 3.8) is 0 Å². The lowest BCUT2D eigenvalue weighted by Crippen LogP contribution is -2.22. The Morgan fingerprint density at radius 3 is 2.53 bits per heavy atom. The van der Waals surface area contributed by atoms with Crippen molar-refractivity contribution in [2.45, 2.75) is 44.2 Å². The van der Waals surface area contributed by atoms with Gasteiger partial charge in [-0.05, 0) is 37.2 Å². The second-order valence-corrected chi connectivity index (χ2v) is 17.2. The predicted molar refractivity (Wildman–Crippen MR) is 134 cm³/mol. The summed E-state index contributed by atoms with van der Waals surface area (Å²) in [5, 5.41) is 4.60. The Hall–Kier alpha value is -2.53. The second-order valence-electron chi connectivity index (χ2n) is 9.36. The molecule has 0 saturated heterocycles. The summed E-state index contributed by atoms with van der Waals surface area (Å²) in [6.45, 7) is 9.21. The third kappa shape index (κ3) is 4.95. The Morgan fingerprint density at radius 1 is 1.15 bits per heavy atom. The van der Waals surface area contributed by atoms with Gasteiger partial charge in [-0.3, -0.25) is 0 Å². The van der Waals surface area contributed by atoms with Crippen molar-refractivity contribution >= 4 is 40.7 Å². The topological polar surface area (TPSA) is 79.0 Å². The van der Waals surface area contributed by atoms with Gasteiger partial charge in [0.05, 0.1) is 21.2 Å². The van der Waals surface area contributed by atoms with E-state index in [1.165, 1.54) is 35.3 Å². The first kappa shape index (κ1) is 24.6. The minimum absolute atomic E-state index is 0.0125. The Bertz CT molecular complexity index is 1440. The molecule has 180 valence electrons. The highest BCUT2D eigenvalue weighted by molar-refractivity contribution is 7.90. The van der Waals surface area contributed by atoms with Gasteiger partial charge in [-0.2, -0.15) is 4.39 Å². The fraction of sp³-hybridized carbons (Fsp3) is 0.304. The highest BCUT2D eigenvalue weighted by Crippen LogP contribution is 2.35. The van der Waals surface area contributed by atoms with Crippen LogP contribution in [0.25, 0.3) is 22.3 Å². The van der Waals surface area contributed by atoms with Crippen molar-refractivity contribution in [3.8, 4) is 11.3 Å². The van der Waals surface area contributed by atoms with E-state index < -0.39 is 24.0 Å². The van der Waals surface area contributed by atoms with E-state index in [0.29, 0.717) is 17.0 Å². The molecular formula is C23H26ClFN4O3SSi. The van der Waals surface area contributed by atoms with Crippen molar-refractivity contribution in [2.24, 2.45) is 0 Å². The molecule has 0 aliphatic heterocycles. The van der Waals surface area contributed by atoms with Gasteiger partial charge < -0.3 is 4.74 Å². The van der Waals surface area contributed by atoms with Crippen LogP contribution in [0.15, 0.2) is 53.7 Å². The van der Waals surface area contributed by atoms with E-state index in [9.17, 15) is 8.42 Å². The summed E-state index contributed by atoms with van der Waals surface area (Å²) < 4.78 is 50.3. The third-order valence-electron chi connectivity index (χ3n) is 5.38. The molecule has 0 spiro atoms. The molecule has 4 rings (SSSR count). The molecule has 0 saturated carbocycles. The Balaban J connectivity index is 1.79. The van der Waals surface area contributed by atoms with Gasteiger partial charge in [0.25, 0.3) is 10.0 Å². The summed E-state index contributed by atoms with van der Waals surface area (Å²) in [6.07, 6.45) is 2.86. The maximum atomic E-state index is 15.0. The van der Waals surface area contributed by atoms with E-state index in [0.717, 1.165) is 15.6 Å². The Morgan fingerprint density at radius 2 is 1.85 bits per heavy atom. The summed E-state index contributed by atoms with van der Waals surface area (Å²) in [5.41, 5.74) is 1.13. The van der Waals surface area contributed by atoms with Crippen molar-refractivity contribution in [1.82, 2.24) is 18.7 Å². The molecule has 0 atom stereocenters. The molecule has 0 radical (unpaired) electrons. The lowest BCUT2D eigenvalue weighted by molar-refractivity contribution is 0.0774. The van der Waals surface area contributed by atoms with Gasteiger partial charge in [-0.1, -0.05) is 48.9 Å². The number of benzene rings is 1. The van der Waals surface area contributed by atoms with Crippen LogP contribution in [-0.4, -0.2) is 41.8 Å². The van der Waals surface area contributed by atoms with Gasteiger partial charge in [-0.15, -0.1) is 5.10 Å². The maximum absolute atomic E-state index is 15.0. The number of halogens is 2. The summed E-state index contributed by atoms with van der Waals surface area (Å²) in [7, 11) is -5.37. The fourth-order valence-corrected chi connectivity index (χ4v) is 5.89. The minimum atomic E-state index is -4.11. The molecular weight excluding hydrogens is 495 g/mol. The number of ether oxygens (including phenoxy) is 1. The van der Waals surface area contributed by atoms with E-state index >= 15 is 4.39 Å². The van der Waals surface area contributed by atoms with Crippen LogP contribution in [0, 0.1) is 12.9 Å². The molecule has 3 aromatic heterocycles. The fourth-order valence-electron chi connectivity index (χ4n) is 3.46. The molecule has 4 aromatic rings. The number of rotatable bonds is 8. The largest absolute Gasteiger partial charge is 0.360 e. The van der Waals surface area contributed by atoms with Crippen LogP contribution in [-0.2, 0) is 21.5 Å². The number of fused-ring (bicyclic) bond motifs is 1. The van der Waals surface area contributed by atoms with Crippen molar-refractivity contribution in [2.75, 3.05) is 6.61 Å². The standard InChI is InChI=1S/C23H26ClFN4O3SSi/c1-16-5-7-17(8-6-16)33(30,31)29-21(13-18-20(24)9-10-26-23(18)29)19-14-28(27-22(19)25)15-32-11-12-34(2,3)4/h5-10,13-14H,11-12,15H2,1-4H3. The smallest absolute Gasteiger partial charge is 0.269 e. The first-order valence-electron chi connectivity index (χ1n) is 10.8. The molecule has 0 fully saturated rings. The number of aromatic nitrogens is 4. The Kier molecular flexibility index (Phi) is 6.69. The number of aryl methyl sites for hydroxylation is 1. The summed E-state index contributed by atoms with van der Waals surface area (Å²) in [5.74, 6) is -0.812. The summed E-state index contributed by atoms with van der Waals surface area (Å²) >= 11 is 6.33. The molecule has 3 heterocycles. The molecule has 0 unspecified atom stereocenters. The molecule has 1 aromatic carbocycles. The van der Waals surface area contributed by atoms with Crippen LogP contribution >= 0.6 is 11.6 Å². The van der Waals surface area contributed by atoms with E-state index in [1.54, 1.807) is 18.2 Å². The van der Waals surface area contributed by atoms with Gasteiger partial charge in [0.1, 0.15) is 6.73 Å². The van der Waals surface area contributed by atoms with Crippen LogP contribution in [0.4, 0.5) is 4.39 Å². The highest BCUT2D eigenvalue weighted by atomic mass is 35.5. The second kappa shape index (κ2) is 9.25. The molecule has 0 amide bonds. The van der Waals surface area contributed by atoms with Crippen molar-refractivity contribution in [3.05, 3.63) is 65.3 Å². The normalized spacial score (nSPS) is 12.5. The van der Waals surface area contributed by atoms with Crippen LogP contribution in [0.1, 0.15) is 5.56 Å². The van der Waals surface area contributed by atoms with Crippen LogP contribution < -0.4 is 0 Å². The van der Waals surface area contributed by atoms with Crippen molar-refractivity contribution in [1.29, 1.82) is 0 Å². The average Bonchev–Trinajstić information content (AvgIpc) is 3.32. The quantitative estimate of drug-likeness (QED) is 0.225. The first-order chi connectivity index (χ1) is 16.0. The Labute approximate surface area is 204 Å². The number of nitrogens with zero attached hydrogens (tertiary/aromatic N) is 4. The van der Waals surface area contributed by atoms with Gasteiger partial charge >= 0.3 is 0 Å². The van der Waals surface area contributed by atoms with E-state index in [-0.39, 0.29) is 28.5 Å². The lowest BCUT2D eigenvalue weighted by atomic mass is 10.2. The van der Waals surface area contributed by atoms with Crippen LogP contribution in [0.5, 0.6) is 0 Å². The molecule has 0 aliphatic rings. The molecule has 0 bridgehead atoms. The summed E-state index contributed by atoms with van der Waals surface area (Å²) in [6, 6.07) is 10.5. The third-order valence-corrected chi connectivity index (χ3v) is 9.13. The van der Waals surface area contributed by atoms with Crippen LogP contribution in [0.3, 0.4) is 0 Å². The first-order valence-corrected chi connectivity index (χ1v) is 16.3. The highest BCUT2D eigenvalue weighted by Gasteiger charge is 2.28. The van der Waals surface area contributed by atoms with Gasteiger partial charge in [-0.25, -0.2) is 22.1 Å². The maximum Gasteiger partial charge on any atom is 0.269 e. The van der Waals surface area contributed by atoms with E-state index in [1.807, 2.05) is 6.92 Å². The van der Waals surface area contributed by atoms with Crippen molar-refractivity contribution < 1.29 is 17.5 Å². The predicted octanol–water partition coefficient (Wildman–Crippen LogP) is 5.55. The van der Waals surface area contributed by atoms with Gasteiger partial charge in [0.2, 0.25) is 5.95 Å². The number of hydrogen-bond donors (Lipinski definition) is 0. The van der Waals surface area contributed by atoms with Gasteiger partial charge in [0.15, 0.2) is 5.65 Å². The molecule has 0 N–H and O–H groups in total. The number of pyridine rings is 1. The molecule has 34 heavy (non-hydrogen) atoms.